The lowest BCUT2D eigenvalue weighted by atomic mass is 10.0. The van der Waals surface area contributed by atoms with E-state index in [0.717, 1.165) is 26.1 Å². The molecule has 0 amide bonds. The highest BCUT2D eigenvalue weighted by atomic mass is 16.5. The molecule has 0 saturated carbocycles. The van der Waals surface area contributed by atoms with Gasteiger partial charge in [-0.15, -0.1) is 0 Å². The second-order valence-corrected chi connectivity index (χ2v) is 5.31. The van der Waals surface area contributed by atoms with Gasteiger partial charge < -0.3 is 19.8 Å². The Kier molecular flexibility index (Phi) is 4.47. The van der Waals surface area contributed by atoms with Crippen LogP contribution < -0.4 is 5.73 Å². The zero-order chi connectivity index (χ0) is 13.8. The van der Waals surface area contributed by atoms with Gasteiger partial charge in [-0.1, -0.05) is 0 Å². The van der Waals surface area contributed by atoms with Crippen LogP contribution in [-0.2, 0) is 9.47 Å². The smallest absolute Gasteiger partial charge is 0.355 e. The lowest BCUT2D eigenvalue weighted by Crippen LogP contribution is -2.23. The highest BCUT2D eigenvalue weighted by Crippen LogP contribution is 2.19. The molecule has 0 aromatic carbocycles. The molecule has 0 unspecified atom stereocenters. The van der Waals surface area contributed by atoms with Crippen molar-refractivity contribution in [2.24, 2.45) is 5.92 Å². The van der Waals surface area contributed by atoms with Crippen LogP contribution in [0.25, 0.3) is 0 Å². The average molecular weight is 266 g/mol. The molecule has 0 atom stereocenters. The van der Waals surface area contributed by atoms with Gasteiger partial charge in [-0.2, -0.15) is 0 Å². The number of carbonyl (C=O) groups is 1. The number of esters is 1. The van der Waals surface area contributed by atoms with E-state index in [1.807, 2.05) is 18.4 Å². The molecule has 0 spiro atoms. The van der Waals surface area contributed by atoms with E-state index in [4.69, 9.17) is 15.2 Å². The number of carbonyl (C=O) groups excluding carboxylic acids is 1. The summed E-state index contributed by atoms with van der Waals surface area (Å²) >= 11 is 0. The van der Waals surface area contributed by atoms with Gasteiger partial charge in [0, 0.05) is 25.5 Å². The van der Waals surface area contributed by atoms with Gasteiger partial charge >= 0.3 is 5.97 Å². The van der Waals surface area contributed by atoms with Crippen LogP contribution in [0.3, 0.4) is 0 Å². The van der Waals surface area contributed by atoms with Gasteiger partial charge in [-0.05, 0) is 38.7 Å². The topological polar surface area (TPSA) is 66.5 Å². The fourth-order valence-corrected chi connectivity index (χ4v) is 2.27. The van der Waals surface area contributed by atoms with Crippen LogP contribution in [0.15, 0.2) is 12.3 Å². The first kappa shape index (κ1) is 13.9. The highest BCUT2D eigenvalue weighted by Gasteiger charge is 2.19. The molecule has 0 aliphatic carbocycles. The van der Waals surface area contributed by atoms with Crippen molar-refractivity contribution in [2.45, 2.75) is 32.7 Å². The summed E-state index contributed by atoms with van der Waals surface area (Å²) in [5.74, 6) is 0.120. The predicted molar refractivity (Wildman–Crippen MR) is 73.1 cm³/mol. The zero-order valence-electron chi connectivity index (χ0n) is 11.6. The lowest BCUT2D eigenvalue weighted by molar-refractivity contribution is 0.0177. The number of nitrogens with two attached hydrogens (primary N) is 1. The van der Waals surface area contributed by atoms with Crippen LogP contribution in [0.4, 0.5) is 5.69 Å². The molecule has 0 radical (unpaired) electrons. The number of aromatic nitrogens is 1. The van der Waals surface area contributed by atoms with Crippen molar-refractivity contribution in [2.75, 3.05) is 25.6 Å². The second kappa shape index (κ2) is 6.10. The van der Waals surface area contributed by atoms with Crippen LogP contribution in [0.5, 0.6) is 0 Å². The van der Waals surface area contributed by atoms with Gasteiger partial charge in [0.1, 0.15) is 5.69 Å². The summed E-state index contributed by atoms with van der Waals surface area (Å²) in [4.78, 5) is 12.1. The number of anilines is 1. The van der Waals surface area contributed by atoms with Gasteiger partial charge in [-0.3, -0.25) is 0 Å². The van der Waals surface area contributed by atoms with Crippen molar-refractivity contribution in [3.8, 4) is 0 Å². The van der Waals surface area contributed by atoms with Crippen LogP contribution >= 0.6 is 0 Å². The van der Waals surface area contributed by atoms with Gasteiger partial charge in [-0.25, -0.2) is 4.79 Å². The summed E-state index contributed by atoms with van der Waals surface area (Å²) in [6, 6.07) is 1.86. The Morgan fingerprint density at radius 1 is 1.53 bits per heavy atom. The van der Waals surface area contributed by atoms with Crippen LogP contribution in [-0.4, -0.2) is 30.4 Å². The molecular formula is C14H22N2O3. The SMILES string of the molecule is CC(C)n1cc(N)cc1C(=O)OCC1CCOCC1. The van der Waals surface area contributed by atoms with E-state index in [0.29, 0.717) is 23.9 Å². The van der Waals surface area contributed by atoms with Crippen molar-refractivity contribution in [3.05, 3.63) is 18.0 Å². The Morgan fingerprint density at radius 3 is 2.84 bits per heavy atom. The van der Waals surface area contributed by atoms with Gasteiger partial charge in [0.2, 0.25) is 0 Å². The Morgan fingerprint density at radius 2 is 2.21 bits per heavy atom. The minimum Gasteiger partial charge on any atom is -0.461 e. The molecule has 1 aromatic rings. The summed E-state index contributed by atoms with van der Waals surface area (Å²) in [6.45, 7) is 6.00. The molecule has 5 nitrogen and oxygen atoms in total. The maximum atomic E-state index is 12.1. The molecular weight excluding hydrogens is 244 g/mol. The summed E-state index contributed by atoms with van der Waals surface area (Å²) in [5, 5.41) is 0. The first-order valence-electron chi connectivity index (χ1n) is 6.80. The van der Waals surface area contributed by atoms with E-state index in [-0.39, 0.29) is 12.0 Å². The number of hydrogen-bond donors (Lipinski definition) is 1. The Labute approximate surface area is 113 Å². The predicted octanol–water partition coefficient (Wildman–Crippen LogP) is 2.23. The molecule has 1 saturated heterocycles. The van der Waals surface area contributed by atoms with Crippen molar-refractivity contribution in [1.82, 2.24) is 4.57 Å². The molecule has 19 heavy (non-hydrogen) atoms. The summed E-state index contributed by atoms with van der Waals surface area (Å²) in [6.07, 6.45) is 3.69. The van der Waals surface area contributed by atoms with Crippen molar-refractivity contribution in [3.63, 3.8) is 0 Å². The molecule has 1 fully saturated rings. The van der Waals surface area contributed by atoms with E-state index in [1.165, 1.54) is 0 Å². The minimum atomic E-state index is -0.295. The quantitative estimate of drug-likeness (QED) is 0.849. The molecule has 5 heteroatoms. The van der Waals surface area contributed by atoms with Gasteiger partial charge in [0.15, 0.2) is 0 Å². The standard InChI is InChI=1S/C14H22N2O3/c1-10(2)16-8-12(15)7-13(16)14(17)19-9-11-3-5-18-6-4-11/h7-8,10-11H,3-6,9,15H2,1-2H3. The largest absolute Gasteiger partial charge is 0.461 e. The number of ether oxygens (including phenoxy) is 2. The summed E-state index contributed by atoms with van der Waals surface area (Å²) in [5.41, 5.74) is 6.87. The third-order valence-corrected chi connectivity index (χ3v) is 3.43. The molecule has 1 aromatic heterocycles. The maximum Gasteiger partial charge on any atom is 0.355 e. The van der Waals surface area contributed by atoms with Crippen LogP contribution in [0, 0.1) is 5.92 Å². The van der Waals surface area contributed by atoms with E-state index >= 15 is 0 Å². The molecule has 2 rings (SSSR count). The lowest BCUT2D eigenvalue weighted by Gasteiger charge is -2.21. The van der Waals surface area contributed by atoms with Crippen LogP contribution in [0.2, 0.25) is 0 Å². The third-order valence-electron chi connectivity index (χ3n) is 3.43. The molecule has 106 valence electrons. The monoisotopic (exact) mass is 266 g/mol. The molecule has 2 N–H and O–H groups in total. The fourth-order valence-electron chi connectivity index (χ4n) is 2.27. The molecule has 2 heterocycles. The Balaban J connectivity index is 1.95. The van der Waals surface area contributed by atoms with Crippen molar-refractivity contribution < 1.29 is 14.3 Å². The fraction of sp³-hybridized carbons (Fsp3) is 0.643. The summed E-state index contributed by atoms with van der Waals surface area (Å²) in [7, 11) is 0. The maximum absolute atomic E-state index is 12.1. The molecule has 0 bridgehead atoms. The van der Waals surface area contributed by atoms with Crippen molar-refractivity contribution in [1.29, 1.82) is 0 Å². The second-order valence-electron chi connectivity index (χ2n) is 5.31. The van der Waals surface area contributed by atoms with Gasteiger partial charge in [0.05, 0.1) is 12.3 Å². The number of nitrogens with zero attached hydrogens (tertiary/aromatic N) is 1. The normalized spacial score (nSPS) is 16.8. The Hall–Kier alpha value is -1.49. The van der Waals surface area contributed by atoms with E-state index < -0.39 is 0 Å². The highest BCUT2D eigenvalue weighted by molar-refractivity contribution is 5.89. The first-order chi connectivity index (χ1) is 9.08. The molecule has 1 aliphatic heterocycles. The summed E-state index contributed by atoms with van der Waals surface area (Å²) < 4.78 is 12.5. The van der Waals surface area contributed by atoms with Crippen LogP contribution in [0.1, 0.15) is 43.2 Å². The zero-order valence-corrected chi connectivity index (χ0v) is 11.6. The van der Waals surface area contributed by atoms with E-state index in [9.17, 15) is 4.79 Å². The Bertz CT molecular complexity index is 434. The average Bonchev–Trinajstić information content (AvgIpc) is 2.79. The number of nitrogen functional groups attached to an aromatic ring is 1. The molecule has 1 aliphatic rings. The third kappa shape index (κ3) is 3.50. The van der Waals surface area contributed by atoms with Gasteiger partial charge in [0.25, 0.3) is 0 Å². The number of rotatable bonds is 4. The van der Waals surface area contributed by atoms with E-state index in [1.54, 1.807) is 12.3 Å². The first-order valence-corrected chi connectivity index (χ1v) is 6.80. The minimum absolute atomic E-state index is 0.183. The van der Waals surface area contributed by atoms with E-state index in [2.05, 4.69) is 0 Å². The van der Waals surface area contributed by atoms with Crippen molar-refractivity contribution >= 4 is 11.7 Å². The number of hydrogen-bond acceptors (Lipinski definition) is 4.